The highest BCUT2D eigenvalue weighted by Crippen LogP contribution is 2.44. The molecule has 4 heterocycles. The third-order valence-electron chi connectivity index (χ3n) is 10.9. The van der Waals surface area contributed by atoms with Gasteiger partial charge in [0.05, 0.1) is 22.1 Å². The molecular weight excluding hydrogens is 669 g/mol. The van der Waals surface area contributed by atoms with Crippen molar-refractivity contribution < 1.29 is 0 Å². The van der Waals surface area contributed by atoms with E-state index in [0.29, 0.717) is 0 Å². The second kappa shape index (κ2) is 10.7. The zero-order valence-electron chi connectivity index (χ0n) is 27.9. The van der Waals surface area contributed by atoms with Gasteiger partial charge in [0.1, 0.15) is 0 Å². The number of benzene rings is 8. The monoisotopic (exact) mass is 696 g/mol. The van der Waals surface area contributed by atoms with E-state index in [2.05, 4.69) is 179 Å². The van der Waals surface area contributed by atoms with Gasteiger partial charge in [-0.2, -0.15) is 0 Å². The molecular formula is C48H28N2S2. The summed E-state index contributed by atoms with van der Waals surface area (Å²) in [5.74, 6) is 0. The number of nitrogens with zero attached hydrogens (tertiary/aromatic N) is 2. The van der Waals surface area contributed by atoms with Gasteiger partial charge < -0.3 is 9.13 Å². The van der Waals surface area contributed by atoms with Crippen LogP contribution in [0.25, 0.3) is 106 Å². The van der Waals surface area contributed by atoms with Crippen LogP contribution in [0.2, 0.25) is 0 Å². The summed E-state index contributed by atoms with van der Waals surface area (Å²) in [5, 5.41) is 10.4. The van der Waals surface area contributed by atoms with Crippen LogP contribution in [-0.4, -0.2) is 9.13 Å². The summed E-state index contributed by atoms with van der Waals surface area (Å²) >= 11 is 3.76. The van der Waals surface area contributed by atoms with Crippen LogP contribution in [0.15, 0.2) is 170 Å². The van der Waals surface area contributed by atoms with Gasteiger partial charge in [-0.15, -0.1) is 22.7 Å². The standard InChI is InChI=1S/C48H28N2S2/c1-3-11-31(12-4-1)49-41-21-19-29(23-35(41)37-25-39-33-15-7-9-17-45(33)51-47(39)27-43(37)49)30-20-22-42-36(24-30)38-26-40-34-16-8-10-18-46(34)52-48(40)28-44(38)50(42)32-13-5-2-6-14-32/h1-28H. The highest BCUT2D eigenvalue weighted by atomic mass is 32.1. The number of thiophene rings is 2. The molecule has 52 heavy (non-hydrogen) atoms. The first-order valence-corrected chi connectivity index (χ1v) is 19.3. The summed E-state index contributed by atoms with van der Waals surface area (Å²) in [5.41, 5.74) is 9.73. The third-order valence-corrected chi connectivity index (χ3v) is 13.2. The maximum Gasteiger partial charge on any atom is 0.0555 e. The lowest BCUT2D eigenvalue weighted by Crippen LogP contribution is -1.93. The molecule has 4 aromatic heterocycles. The predicted octanol–water partition coefficient (Wildman–Crippen LogP) is 14.3. The Morgan fingerprint density at radius 2 is 0.673 bits per heavy atom. The highest BCUT2D eigenvalue weighted by molar-refractivity contribution is 7.26. The highest BCUT2D eigenvalue weighted by Gasteiger charge is 2.19. The molecule has 0 amide bonds. The SMILES string of the molecule is c1ccc(-n2c3ccc(-c4ccc5c(c4)c4cc6c(cc4n5-c4ccccc4)sc4ccccc46)cc3c3cc4c(cc32)sc2ccccc24)cc1. The zero-order valence-corrected chi connectivity index (χ0v) is 29.5. The molecule has 0 radical (unpaired) electrons. The zero-order chi connectivity index (χ0) is 33.9. The Morgan fingerprint density at radius 1 is 0.269 bits per heavy atom. The lowest BCUT2D eigenvalue weighted by Gasteiger charge is -2.09. The van der Waals surface area contributed by atoms with Crippen molar-refractivity contribution in [3.8, 4) is 22.5 Å². The van der Waals surface area contributed by atoms with Crippen LogP contribution in [0, 0.1) is 0 Å². The average molecular weight is 697 g/mol. The third kappa shape index (κ3) is 3.99. The average Bonchev–Trinajstić information content (AvgIpc) is 3.93. The van der Waals surface area contributed by atoms with E-state index >= 15 is 0 Å². The fraction of sp³-hybridized carbons (Fsp3) is 0. The molecule has 8 aromatic carbocycles. The van der Waals surface area contributed by atoms with Gasteiger partial charge >= 0.3 is 0 Å². The lowest BCUT2D eigenvalue weighted by atomic mass is 10.00. The molecule has 12 aromatic rings. The number of fused-ring (bicyclic) bond motifs is 12. The summed E-state index contributed by atoms with van der Waals surface area (Å²) in [4.78, 5) is 0. The van der Waals surface area contributed by atoms with E-state index in [1.165, 1.54) is 106 Å². The van der Waals surface area contributed by atoms with Gasteiger partial charge in [0.2, 0.25) is 0 Å². The lowest BCUT2D eigenvalue weighted by molar-refractivity contribution is 1.18. The van der Waals surface area contributed by atoms with Crippen LogP contribution in [0.1, 0.15) is 0 Å². The Morgan fingerprint density at radius 3 is 1.13 bits per heavy atom. The maximum absolute atomic E-state index is 2.44. The number of aromatic nitrogens is 2. The van der Waals surface area contributed by atoms with Gasteiger partial charge in [0.15, 0.2) is 0 Å². The first-order valence-electron chi connectivity index (χ1n) is 17.7. The van der Waals surface area contributed by atoms with Crippen LogP contribution in [-0.2, 0) is 0 Å². The van der Waals surface area contributed by atoms with Crippen LogP contribution < -0.4 is 0 Å². The van der Waals surface area contributed by atoms with Gasteiger partial charge in [-0.25, -0.2) is 0 Å². The maximum atomic E-state index is 2.44. The van der Waals surface area contributed by atoms with E-state index in [1.807, 2.05) is 22.7 Å². The molecule has 0 aliphatic carbocycles. The molecule has 0 aliphatic rings. The van der Waals surface area contributed by atoms with Crippen molar-refractivity contribution in [1.29, 1.82) is 0 Å². The molecule has 2 nitrogen and oxygen atoms in total. The minimum absolute atomic E-state index is 1.18. The van der Waals surface area contributed by atoms with Crippen molar-refractivity contribution in [3.05, 3.63) is 170 Å². The van der Waals surface area contributed by atoms with Crippen molar-refractivity contribution in [3.63, 3.8) is 0 Å². The predicted molar refractivity (Wildman–Crippen MR) is 226 cm³/mol. The summed E-state index contributed by atoms with van der Waals surface area (Å²) in [7, 11) is 0. The van der Waals surface area contributed by atoms with Crippen LogP contribution in [0.4, 0.5) is 0 Å². The largest absolute Gasteiger partial charge is 0.309 e. The molecule has 0 bridgehead atoms. The van der Waals surface area contributed by atoms with Crippen molar-refractivity contribution in [2.45, 2.75) is 0 Å². The Balaban J connectivity index is 1.13. The van der Waals surface area contributed by atoms with Gasteiger partial charge in [-0.1, -0.05) is 84.9 Å². The van der Waals surface area contributed by atoms with Crippen LogP contribution >= 0.6 is 22.7 Å². The van der Waals surface area contributed by atoms with E-state index in [-0.39, 0.29) is 0 Å². The summed E-state index contributed by atoms with van der Waals surface area (Å²) < 4.78 is 10.2. The number of rotatable bonds is 3. The van der Waals surface area contributed by atoms with Crippen molar-refractivity contribution in [2.75, 3.05) is 0 Å². The molecule has 12 rings (SSSR count). The molecule has 0 spiro atoms. The topological polar surface area (TPSA) is 9.86 Å². The molecule has 0 fully saturated rings. The van der Waals surface area contributed by atoms with Crippen LogP contribution in [0.5, 0.6) is 0 Å². The van der Waals surface area contributed by atoms with Crippen molar-refractivity contribution in [2.24, 2.45) is 0 Å². The first-order chi connectivity index (χ1) is 25.8. The number of hydrogen-bond acceptors (Lipinski definition) is 2. The van der Waals surface area contributed by atoms with E-state index in [9.17, 15) is 0 Å². The molecule has 4 heteroatoms. The summed E-state index contributed by atoms with van der Waals surface area (Å²) in [6, 6.07) is 62.9. The molecule has 242 valence electrons. The fourth-order valence-electron chi connectivity index (χ4n) is 8.55. The van der Waals surface area contributed by atoms with E-state index in [4.69, 9.17) is 0 Å². The van der Waals surface area contributed by atoms with E-state index in [0.717, 1.165) is 0 Å². The quantitative estimate of drug-likeness (QED) is 0.174. The van der Waals surface area contributed by atoms with Gasteiger partial charge in [0.25, 0.3) is 0 Å². The van der Waals surface area contributed by atoms with E-state index in [1.54, 1.807) is 0 Å². The Labute approximate surface area is 306 Å². The molecule has 0 saturated heterocycles. The van der Waals surface area contributed by atoms with E-state index < -0.39 is 0 Å². The van der Waals surface area contributed by atoms with Crippen molar-refractivity contribution >= 4 is 107 Å². The Hall–Kier alpha value is -6.20. The van der Waals surface area contributed by atoms with Gasteiger partial charge in [0, 0.05) is 73.3 Å². The molecule has 0 N–H and O–H groups in total. The molecule has 0 aliphatic heterocycles. The molecule has 0 saturated carbocycles. The van der Waals surface area contributed by atoms with Gasteiger partial charge in [-0.05, 0) is 96.1 Å². The summed E-state index contributed by atoms with van der Waals surface area (Å²) in [6.45, 7) is 0. The first kappa shape index (κ1) is 28.5. The number of hydrogen-bond donors (Lipinski definition) is 0. The Kier molecular flexibility index (Phi) is 5.84. The second-order valence-corrected chi connectivity index (χ2v) is 15.9. The minimum Gasteiger partial charge on any atom is -0.309 e. The normalized spacial score (nSPS) is 12.2. The minimum atomic E-state index is 1.18. The smallest absolute Gasteiger partial charge is 0.0555 e. The fourth-order valence-corrected chi connectivity index (χ4v) is 10.8. The molecule has 0 atom stereocenters. The second-order valence-electron chi connectivity index (χ2n) is 13.7. The van der Waals surface area contributed by atoms with Gasteiger partial charge in [-0.3, -0.25) is 0 Å². The number of para-hydroxylation sites is 2. The molecule has 0 unspecified atom stereocenters. The Bertz CT molecular complexity index is 3170. The summed E-state index contributed by atoms with van der Waals surface area (Å²) in [6.07, 6.45) is 0. The van der Waals surface area contributed by atoms with Crippen LogP contribution in [0.3, 0.4) is 0 Å². The van der Waals surface area contributed by atoms with Crippen molar-refractivity contribution in [1.82, 2.24) is 9.13 Å².